The topological polar surface area (TPSA) is 78.9 Å². The van der Waals surface area contributed by atoms with Gasteiger partial charge in [-0.3, -0.25) is 14.4 Å². The highest BCUT2D eigenvalue weighted by Gasteiger charge is 2.19. The summed E-state index contributed by atoms with van der Waals surface area (Å²) in [6.07, 6.45) is 36.8. The highest BCUT2D eigenvalue weighted by molar-refractivity contribution is 5.71. The van der Waals surface area contributed by atoms with Crippen molar-refractivity contribution in [3.63, 3.8) is 0 Å². The van der Waals surface area contributed by atoms with E-state index in [2.05, 4.69) is 41.5 Å². The molecule has 0 aromatic heterocycles. The van der Waals surface area contributed by atoms with Crippen LogP contribution in [-0.2, 0) is 28.6 Å². The lowest BCUT2D eigenvalue weighted by Crippen LogP contribution is -2.30. The van der Waals surface area contributed by atoms with Gasteiger partial charge in [0.25, 0.3) is 0 Å². The maximum absolute atomic E-state index is 12.7. The Morgan fingerprint density at radius 1 is 0.315 bits per heavy atom. The summed E-state index contributed by atoms with van der Waals surface area (Å²) in [5.41, 5.74) is 0. The Labute approximate surface area is 336 Å². The zero-order chi connectivity index (χ0) is 39.9. The maximum atomic E-state index is 12.7. The normalized spacial score (nSPS) is 12.2. The van der Waals surface area contributed by atoms with Gasteiger partial charge in [-0.2, -0.15) is 0 Å². The molecule has 0 unspecified atom stereocenters. The van der Waals surface area contributed by atoms with Crippen LogP contribution in [0.1, 0.15) is 253 Å². The zero-order valence-electron chi connectivity index (χ0n) is 37.0. The van der Waals surface area contributed by atoms with Crippen molar-refractivity contribution in [2.24, 2.45) is 17.8 Å². The van der Waals surface area contributed by atoms with E-state index in [4.69, 9.17) is 14.2 Å². The minimum Gasteiger partial charge on any atom is -0.462 e. The molecule has 0 radical (unpaired) electrons. The van der Waals surface area contributed by atoms with Crippen molar-refractivity contribution in [3.05, 3.63) is 0 Å². The fraction of sp³-hybridized carbons (Fsp3) is 0.938. The van der Waals surface area contributed by atoms with Gasteiger partial charge in [0.2, 0.25) is 0 Å². The number of carbonyl (C=O) groups is 3. The van der Waals surface area contributed by atoms with Gasteiger partial charge in [0.1, 0.15) is 13.2 Å². The highest BCUT2D eigenvalue weighted by Crippen LogP contribution is 2.17. The third-order valence-electron chi connectivity index (χ3n) is 10.6. The van der Waals surface area contributed by atoms with Crippen LogP contribution in [0.25, 0.3) is 0 Å². The lowest BCUT2D eigenvalue weighted by molar-refractivity contribution is -0.167. The monoisotopic (exact) mass is 765 g/mol. The van der Waals surface area contributed by atoms with Crippen molar-refractivity contribution >= 4 is 17.9 Å². The number of unbranched alkanes of at least 4 members (excludes halogenated alkanes) is 24. The minimum atomic E-state index is -0.762. The van der Waals surface area contributed by atoms with Gasteiger partial charge in [-0.1, -0.05) is 215 Å². The molecular weight excluding hydrogens is 673 g/mol. The standard InChI is InChI=1S/C48H92O6/c1-42(2)34-28-22-16-12-10-8-7-9-11-13-19-27-33-39-48(51)54-45(41-53-47(50)38-32-26-21-20-24-30-36-44(5)6)40-52-46(49)37-31-25-18-15-14-17-23-29-35-43(3)4/h42-45H,7-41H2,1-6H3/t45-/m0/s1. The van der Waals surface area contributed by atoms with Crippen molar-refractivity contribution in [2.45, 2.75) is 260 Å². The molecule has 54 heavy (non-hydrogen) atoms. The van der Waals surface area contributed by atoms with E-state index < -0.39 is 6.10 Å². The second kappa shape index (κ2) is 39.6. The predicted octanol–water partition coefficient (Wildman–Crippen LogP) is 14.8. The van der Waals surface area contributed by atoms with Crippen molar-refractivity contribution in [1.29, 1.82) is 0 Å². The first-order chi connectivity index (χ1) is 26.1. The van der Waals surface area contributed by atoms with E-state index in [1.807, 2.05) is 0 Å². The summed E-state index contributed by atoms with van der Waals surface area (Å²) in [4.78, 5) is 37.7. The van der Waals surface area contributed by atoms with E-state index in [1.54, 1.807) is 0 Å². The lowest BCUT2D eigenvalue weighted by atomic mass is 10.0. The van der Waals surface area contributed by atoms with Crippen LogP contribution >= 0.6 is 0 Å². The van der Waals surface area contributed by atoms with Gasteiger partial charge in [0, 0.05) is 19.3 Å². The average molecular weight is 765 g/mol. The number of rotatable bonds is 41. The van der Waals surface area contributed by atoms with Crippen molar-refractivity contribution in [2.75, 3.05) is 13.2 Å². The fourth-order valence-corrected chi connectivity index (χ4v) is 7.06. The molecule has 0 N–H and O–H groups in total. The molecule has 0 saturated heterocycles. The molecule has 0 aliphatic carbocycles. The van der Waals surface area contributed by atoms with Crippen LogP contribution in [0.3, 0.4) is 0 Å². The zero-order valence-corrected chi connectivity index (χ0v) is 37.0. The molecule has 6 nitrogen and oxygen atoms in total. The van der Waals surface area contributed by atoms with E-state index in [1.165, 1.54) is 135 Å². The highest BCUT2D eigenvalue weighted by atomic mass is 16.6. The maximum Gasteiger partial charge on any atom is 0.306 e. The van der Waals surface area contributed by atoms with Gasteiger partial charge >= 0.3 is 17.9 Å². The Balaban J connectivity index is 4.30. The van der Waals surface area contributed by atoms with Crippen LogP contribution in [-0.4, -0.2) is 37.2 Å². The molecule has 320 valence electrons. The van der Waals surface area contributed by atoms with Gasteiger partial charge in [-0.25, -0.2) is 0 Å². The second-order valence-corrected chi connectivity index (χ2v) is 17.8. The Kier molecular flexibility index (Phi) is 38.5. The molecule has 6 heteroatoms. The largest absolute Gasteiger partial charge is 0.462 e. The van der Waals surface area contributed by atoms with Crippen LogP contribution in [0.4, 0.5) is 0 Å². The Morgan fingerprint density at radius 2 is 0.537 bits per heavy atom. The third kappa shape index (κ3) is 41.6. The van der Waals surface area contributed by atoms with Crippen LogP contribution in [0.15, 0.2) is 0 Å². The summed E-state index contributed by atoms with van der Waals surface area (Å²) in [5, 5.41) is 0. The Bertz CT molecular complexity index is 837. The van der Waals surface area contributed by atoms with E-state index in [-0.39, 0.29) is 31.1 Å². The summed E-state index contributed by atoms with van der Waals surface area (Å²) in [6, 6.07) is 0. The fourth-order valence-electron chi connectivity index (χ4n) is 7.06. The summed E-state index contributed by atoms with van der Waals surface area (Å²) in [7, 11) is 0. The number of hydrogen-bond donors (Lipinski definition) is 0. The molecule has 1 atom stereocenters. The quantitative estimate of drug-likeness (QED) is 0.0350. The molecule has 0 amide bonds. The first-order valence-electron chi connectivity index (χ1n) is 23.6. The van der Waals surface area contributed by atoms with Gasteiger partial charge in [0.15, 0.2) is 6.10 Å². The number of ether oxygens (including phenoxy) is 3. The molecule has 0 aromatic carbocycles. The van der Waals surface area contributed by atoms with Crippen LogP contribution in [0.5, 0.6) is 0 Å². The van der Waals surface area contributed by atoms with E-state index in [0.29, 0.717) is 19.3 Å². The average Bonchev–Trinajstić information content (AvgIpc) is 3.12. The Morgan fingerprint density at radius 3 is 0.796 bits per heavy atom. The smallest absolute Gasteiger partial charge is 0.306 e. The molecule has 0 saturated carbocycles. The van der Waals surface area contributed by atoms with E-state index >= 15 is 0 Å². The summed E-state index contributed by atoms with van der Waals surface area (Å²) < 4.78 is 16.7. The van der Waals surface area contributed by atoms with Gasteiger partial charge in [-0.05, 0) is 37.0 Å². The molecule has 0 rings (SSSR count). The second-order valence-electron chi connectivity index (χ2n) is 17.8. The van der Waals surface area contributed by atoms with Crippen molar-refractivity contribution in [1.82, 2.24) is 0 Å². The molecule has 0 bridgehead atoms. The van der Waals surface area contributed by atoms with Gasteiger partial charge in [-0.15, -0.1) is 0 Å². The molecule has 0 spiro atoms. The SMILES string of the molecule is CC(C)CCCCCCCCCCCCCCCC(=O)O[C@@H](COC(=O)CCCCCCCCCCC(C)C)COC(=O)CCCCCCCCC(C)C. The molecule has 0 aliphatic heterocycles. The molecule has 0 aromatic rings. The first-order valence-corrected chi connectivity index (χ1v) is 23.6. The third-order valence-corrected chi connectivity index (χ3v) is 10.6. The molecule has 0 heterocycles. The van der Waals surface area contributed by atoms with E-state index in [9.17, 15) is 14.4 Å². The first kappa shape index (κ1) is 52.4. The number of esters is 3. The molecule has 0 aliphatic rings. The number of hydrogen-bond acceptors (Lipinski definition) is 6. The lowest BCUT2D eigenvalue weighted by Gasteiger charge is -2.18. The molecular formula is C48H92O6. The summed E-state index contributed by atoms with van der Waals surface area (Å²) >= 11 is 0. The van der Waals surface area contributed by atoms with E-state index in [0.717, 1.165) is 75.5 Å². The number of carbonyl (C=O) groups excluding carboxylic acids is 3. The predicted molar refractivity (Wildman–Crippen MR) is 229 cm³/mol. The summed E-state index contributed by atoms with van der Waals surface area (Å²) in [5.74, 6) is 1.53. The summed E-state index contributed by atoms with van der Waals surface area (Å²) in [6.45, 7) is 13.6. The van der Waals surface area contributed by atoms with Crippen LogP contribution < -0.4 is 0 Å². The van der Waals surface area contributed by atoms with Crippen molar-refractivity contribution in [3.8, 4) is 0 Å². The van der Waals surface area contributed by atoms with Gasteiger partial charge in [0.05, 0.1) is 0 Å². The molecule has 0 fully saturated rings. The van der Waals surface area contributed by atoms with Crippen LogP contribution in [0.2, 0.25) is 0 Å². The Hall–Kier alpha value is -1.59. The van der Waals surface area contributed by atoms with Crippen molar-refractivity contribution < 1.29 is 28.6 Å². The van der Waals surface area contributed by atoms with Gasteiger partial charge < -0.3 is 14.2 Å². The minimum absolute atomic E-state index is 0.0667. The van der Waals surface area contributed by atoms with Crippen LogP contribution in [0, 0.1) is 17.8 Å².